The second kappa shape index (κ2) is 32.9. The van der Waals surface area contributed by atoms with Gasteiger partial charge in [0.25, 0.3) is 0 Å². The first-order chi connectivity index (χ1) is 47.5. The van der Waals surface area contributed by atoms with Crippen LogP contribution in [0.1, 0.15) is 96.3 Å². The third kappa shape index (κ3) is 17.5. The van der Waals surface area contributed by atoms with Gasteiger partial charge in [0.2, 0.25) is 0 Å². The highest BCUT2D eigenvalue weighted by atomic mass is 79.9. The lowest BCUT2D eigenvalue weighted by Crippen LogP contribution is -2.60. The van der Waals surface area contributed by atoms with Gasteiger partial charge in [-0.05, 0) is 87.6 Å². The molecule has 24 nitrogen and oxygen atoms in total. The molecule has 5 unspecified atom stereocenters. The number of aliphatic carboxylic acids is 3. The van der Waals surface area contributed by atoms with E-state index in [4.69, 9.17) is 40.9 Å². The summed E-state index contributed by atoms with van der Waals surface area (Å²) in [6, 6.07) is 8.49. The van der Waals surface area contributed by atoms with Crippen LogP contribution >= 0.6 is 77.5 Å². The summed E-state index contributed by atoms with van der Waals surface area (Å²) in [6.07, 6.45) is 5.65. The van der Waals surface area contributed by atoms with Gasteiger partial charge in [0, 0.05) is 124 Å². The first-order valence-corrected chi connectivity index (χ1v) is 35.4. The topological polar surface area (TPSA) is 312 Å². The Labute approximate surface area is 597 Å². The summed E-state index contributed by atoms with van der Waals surface area (Å²) in [4.78, 5) is 105. The number of amidine groups is 3. The van der Waals surface area contributed by atoms with Crippen molar-refractivity contribution in [2.24, 2.45) is 15.0 Å². The van der Waals surface area contributed by atoms with Crippen molar-refractivity contribution in [1.29, 1.82) is 0 Å². The molecule has 0 amide bonds. The predicted octanol–water partition coefficient (Wildman–Crippen LogP) is 9.96. The largest absolute Gasteiger partial charge is 0.481 e. The molecule has 9 heterocycles. The molecule has 6 aromatic rings. The highest BCUT2D eigenvalue weighted by Crippen LogP contribution is 2.42. The van der Waals surface area contributed by atoms with Crippen molar-refractivity contribution in [1.82, 2.24) is 45.6 Å². The third-order valence-electron chi connectivity index (χ3n) is 16.3. The number of aromatic nitrogens is 3. The Balaban J connectivity index is 0.000000161. The summed E-state index contributed by atoms with van der Waals surface area (Å²) in [5, 5.41) is 44.6. The number of hydrogen-bond acceptors (Lipinski definition) is 24. The Hall–Kier alpha value is -8.15. The van der Waals surface area contributed by atoms with Gasteiger partial charge in [-0.15, -0.1) is 34.0 Å². The summed E-state index contributed by atoms with van der Waals surface area (Å²) in [7, 11) is 0. The molecule has 6 N–H and O–H groups in total. The van der Waals surface area contributed by atoms with E-state index in [2.05, 4.69) is 67.8 Å². The zero-order valence-corrected chi connectivity index (χ0v) is 59.2. The predicted molar refractivity (Wildman–Crippen MR) is 367 cm³/mol. The highest BCUT2D eigenvalue weighted by molar-refractivity contribution is 9.10. The maximum absolute atomic E-state index is 14.9. The van der Waals surface area contributed by atoms with Gasteiger partial charge in [0.15, 0.2) is 32.5 Å². The molecule has 0 bridgehead atoms. The molecule has 6 aliphatic heterocycles. The number of thiazole rings is 3. The van der Waals surface area contributed by atoms with Crippen molar-refractivity contribution in [3.8, 4) is 0 Å². The summed E-state index contributed by atoms with van der Waals surface area (Å²) in [5.74, 6) is -4.69. The number of alkyl halides is 1. The fraction of sp³-hybridized carbons (Fsp3) is 0.354. The molecule has 6 aliphatic rings. The minimum Gasteiger partial charge on any atom is -0.481 e. The van der Waals surface area contributed by atoms with E-state index in [1.54, 1.807) is 77.0 Å². The summed E-state index contributed by atoms with van der Waals surface area (Å²) in [6.45, 7) is 7.33. The van der Waals surface area contributed by atoms with Crippen LogP contribution in [0, 0.1) is 17.5 Å². The number of hydrogen-bond donors (Lipinski definition) is 6. The number of nitrogens with zero attached hydrogens (tertiary/aromatic N) is 9. The Kier molecular flexibility index (Phi) is 24.4. The summed E-state index contributed by atoms with van der Waals surface area (Å²) >= 11 is 17.2. The maximum atomic E-state index is 14.9. The van der Waals surface area contributed by atoms with Crippen LogP contribution in [0.15, 0.2) is 147 Å². The summed E-state index contributed by atoms with van der Waals surface area (Å²) < 4.78 is 73.0. The van der Waals surface area contributed by atoms with Gasteiger partial charge >= 0.3 is 35.8 Å². The van der Waals surface area contributed by atoms with Gasteiger partial charge in [-0.25, -0.2) is 46.9 Å². The Bertz CT molecular complexity index is 4060. The van der Waals surface area contributed by atoms with Crippen LogP contribution in [0.2, 0.25) is 5.02 Å². The van der Waals surface area contributed by atoms with Gasteiger partial charge in [-0.1, -0.05) is 61.7 Å². The van der Waals surface area contributed by atoms with E-state index in [0.29, 0.717) is 101 Å². The lowest BCUT2D eigenvalue weighted by Gasteiger charge is -2.45. The number of carbonyl (C=O) groups excluding carboxylic acids is 3. The molecule has 0 radical (unpaired) electrons. The molecule has 34 heteroatoms. The van der Waals surface area contributed by atoms with E-state index in [-0.39, 0.29) is 87.1 Å². The van der Waals surface area contributed by atoms with E-state index < -0.39 is 89.1 Å². The first-order valence-electron chi connectivity index (χ1n) is 30.8. The summed E-state index contributed by atoms with van der Waals surface area (Å²) in [5.41, 5.74) is 2.12. The number of carboxylic acids is 3. The standard InChI is InChI=1S/C23H23BrF2N4O4S.C21H20BrFN4O4S.C21H20ClFN4O4S/c1-2-34-22(33)18-16(10-30-11-23(26,12-30)6-5-17(31)32)28-20(21-27-7-8-35-21)29-19(18)14-4-3-13(25)9-15(14)24;2*1-2-31-21(30)16-14(10-27-7-5-15(27)20(28)29)25-18(19-24-6-8-32-19)26-17(16)12-4-3-11(23)9-13(12)22/h3-4,7-9,19H,2,5-6,10-12H2,1H3,(H,28,29)(H,31,32);2*3-4,6,8-9,15,17H,2,5,7,10H2,1H3,(H,25,26)(H,28,29). The lowest BCUT2D eigenvalue weighted by atomic mass is 9.89. The maximum Gasteiger partial charge on any atom is 0.338 e. The van der Waals surface area contributed by atoms with Crippen LogP contribution in [0.3, 0.4) is 0 Å². The molecule has 3 aromatic heterocycles. The number of rotatable bonds is 23. The fourth-order valence-corrected chi connectivity index (χ4v) is 14.7. The van der Waals surface area contributed by atoms with Crippen molar-refractivity contribution in [3.05, 3.63) is 186 Å². The van der Waals surface area contributed by atoms with Crippen LogP contribution in [0.4, 0.5) is 17.6 Å². The Morgan fingerprint density at radius 1 is 0.576 bits per heavy atom. The lowest BCUT2D eigenvalue weighted by molar-refractivity contribution is -0.148. The molecule has 0 aliphatic carbocycles. The molecule has 0 saturated carbocycles. The van der Waals surface area contributed by atoms with Crippen LogP contribution in [-0.4, -0.2) is 182 Å². The number of nitrogens with one attached hydrogen (secondary N) is 3. The number of aliphatic imine (C=N–C) groups is 3. The second-order valence-corrected chi connectivity index (χ2v) is 27.6. The normalized spacial score (nSPS) is 20.4. The number of benzene rings is 3. The Morgan fingerprint density at radius 3 is 1.25 bits per heavy atom. The number of ether oxygens (including phenoxy) is 3. The van der Waals surface area contributed by atoms with Gasteiger partial charge in [0.05, 0.1) is 36.5 Å². The van der Waals surface area contributed by atoms with E-state index in [1.165, 1.54) is 70.4 Å². The van der Waals surface area contributed by atoms with E-state index in [1.807, 2.05) is 5.38 Å². The number of halogens is 7. The van der Waals surface area contributed by atoms with Crippen molar-refractivity contribution in [2.45, 2.75) is 82.3 Å². The first kappa shape index (κ1) is 73.6. The molecule has 99 heavy (non-hydrogen) atoms. The van der Waals surface area contributed by atoms with Gasteiger partial charge in [-0.2, -0.15) is 0 Å². The van der Waals surface area contributed by atoms with Crippen LogP contribution in [-0.2, 0) is 43.0 Å². The second-order valence-electron chi connectivity index (χ2n) is 22.8. The van der Waals surface area contributed by atoms with Crippen LogP contribution in [0.5, 0.6) is 0 Å². The molecular formula is C65H63Br2ClF4N12O12S3. The Morgan fingerprint density at radius 2 is 0.939 bits per heavy atom. The molecule has 522 valence electrons. The average molecular weight is 1570 g/mol. The fourth-order valence-electron chi connectivity index (χ4n) is 11.5. The van der Waals surface area contributed by atoms with Gasteiger partial charge in [0.1, 0.15) is 53.3 Å². The number of carboxylic acid groups (broad SMARTS) is 3. The zero-order chi connectivity index (χ0) is 70.8. The van der Waals surface area contributed by atoms with Crippen molar-refractivity contribution in [2.75, 3.05) is 65.6 Å². The van der Waals surface area contributed by atoms with Gasteiger partial charge in [-0.3, -0.25) is 44.1 Å². The smallest absolute Gasteiger partial charge is 0.338 e. The van der Waals surface area contributed by atoms with E-state index >= 15 is 0 Å². The number of likely N-dealkylation sites (tertiary alicyclic amines) is 3. The van der Waals surface area contributed by atoms with Gasteiger partial charge < -0.3 is 45.5 Å². The van der Waals surface area contributed by atoms with Crippen molar-refractivity contribution >= 4 is 131 Å². The van der Waals surface area contributed by atoms with E-state index in [0.717, 1.165) is 6.07 Å². The molecule has 12 rings (SSSR count). The van der Waals surface area contributed by atoms with Crippen LogP contribution < -0.4 is 16.0 Å². The minimum absolute atomic E-state index is 0.0379. The number of esters is 3. The monoisotopic (exact) mass is 1570 g/mol. The SMILES string of the molecule is CCOC(=O)C1=C(CN2CC(F)(CCC(=O)O)C2)NC(c2nccs2)=NC1c1ccc(F)cc1Br.CCOC(=O)C1=C(CN2CCC2C(=O)O)NC(c2nccs2)=NC1c1ccc(F)cc1Br.CCOC(=O)C1=C(CN2CCC2C(=O)O)NC(c2nccs2)=NC1c1ccc(F)cc1Cl. The minimum atomic E-state index is -1.59. The molecule has 3 fully saturated rings. The molecule has 3 aromatic carbocycles. The van der Waals surface area contributed by atoms with Crippen molar-refractivity contribution < 1.29 is 75.9 Å². The highest BCUT2D eigenvalue weighted by Gasteiger charge is 2.46. The third-order valence-corrected chi connectivity index (χ3v) is 20.3. The molecule has 5 atom stereocenters. The van der Waals surface area contributed by atoms with Crippen molar-refractivity contribution in [3.63, 3.8) is 0 Å². The molecule has 3 saturated heterocycles. The molecule has 0 spiro atoms. The van der Waals surface area contributed by atoms with E-state index in [9.17, 15) is 56.5 Å². The van der Waals surface area contributed by atoms with Crippen LogP contribution in [0.25, 0.3) is 0 Å². The number of carbonyl (C=O) groups is 6. The molecular weight excluding hydrogens is 1510 g/mol. The quantitative estimate of drug-likeness (QED) is 0.0197. The average Bonchev–Trinajstić information content (AvgIpc) is 1.47. The zero-order valence-electron chi connectivity index (χ0n) is 52.9.